The van der Waals surface area contributed by atoms with Gasteiger partial charge in [0.25, 0.3) is 11.1 Å². The molecule has 3 aliphatic rings. The van der Waals surface area contributed by atoms with Crippen molar-refractivity contribution in [2.75, 3.05) is 26.2 Å². The van der Waals surface area contributed by atoms with Gasteiger partial charge in [0.15, 0.2) is 6.61 Å². The number of ether oxygens (including phenoxy) is 1. The number of hydrogen-bond donors (Lipinski definition) is 1. The maximum Gasteiger partial charge on any atom is 0.422 e. The fourth-order valence-electron chi connectivity index (χ4n) is 4.78. The molecule has 1 atom stereocenters. The summed E-state index contributed by atoms with van der Waals surface area (Å²) >= 11 is 1.21. The summed E-state index contributed by atoms with van der Waals surface area (Å²) in [5, 5.41) is 3.03. The maximum atomic E-state index is 13.0. The van der Waals surface area contributed by atoms with Gasteiger partial charge in [-0.1, -0.05) is 11.3 Å². The number of carbonyl (C=O) groups is 1. The molecule has 0 saturated heterocycles. The Labute approximate surface area is 194 Å². The van der Waals surface area contributed by atoms with Gasteiger partial charge in [-0.25, -0.2) is 13.8 Å². The molecule has 1 aromatic heterocycles. The Balaban J connectivity index is 1.12. The number of nitrogens with zero attached hydrogens (tertiary/aromatic N) is 2. The van der Waals surface area contributed by atoms with E-state index in [0.717, 1.165) is 68.7 Å². The average molecular weight is 496 g/mol. The molecule has 0 bridgehead atoms. The van der Waals surface area contributed by atoms with Gasteiger partial charge in [-0.2, -0.15) is 13.2 Å². The number of rotatable bonds is 8. The van der Waals surface area contributed by atoms with E-state index in [2.05, 4.69) is 15.2 Å². The summed E-state index contributed by atoms with van der Waals surface area (Å²) in [6.45, 7) is 1.33. The lowest BCUT2D eigenvalue weighted by atomic mass is 9.84. The van der Waals surface area contributed by atoms with Crippen molar-refractivity contribution in [3.05, 3.63) is 10.6 Å². The highest BCUT2D eigenvalue weighted by atomic mass is 32.1. The van der Waals surface area contributed by atoms with Crippen molar-refractivity contribution < 1.29 is 31.5 Å². The van der Waals surface area contributed by atoms with E-state index >= 15 is 0 Å². The maximum absolute atomic E-state index is 13.0. The predicted molar refractivity (Wildman–Crippen MR) is 114 cm³/mol. The second-order valence-electron chi connectivity index (χ2n) is 9.54. The first-order valence-electron chi connectivity index (χ1n) is 11.6. The van der Waals surface area contributed by atoms with E-state index in [1.165, 1.54) is 11.3 Å². The first-order valence-corrected chi connectivity index (χ1v) is 12.5. The fraction of sp³-hybridized carbons (Fsp3) is 0.818. The molecular formula is C22H30F5N3O2S. The number of carbonyl (C=O) groups excluding carboxylic acids is 1. The molecule has 1 N–H and O–H groups in total. The van der Waals surface area contributed by atoms with Gasteiger partial charge in [-0.15, -0.1) is 0 Å². The minimum absolute atomic E-state index is 0.0713. The Kier molecular flexibility index (Phi) is 7.47. The molecule has 0 spiro atoms. The van der Waals surface area contributed by atoms with Crippen molar-refractivity contribution in [1.29, 1.82) is 0 Å². The molecule has 1 unspecified atom stereocenters. The van der Waals surface area contributed by atoms with Gasteiger partial charge in [0.05, 0.1) is 5.69 Å². The monoisotopic (exact) mass is 495 g/mol. The highest BCUT2D eigenvalue weighted by Crippen LogP contribution is 2.50. The first-order chi connectivity index (χ1) is 15.6. The Hall–Kier alpha value is -1.49. The Morgan fingerprint density at radius 3 is 2.55 bits per heavy atom. The summed E-state index contributed by atoms with van der Waals surface area (Å²) in [6, 6.07) is 0.0927. The molecule has 2 heterocycles. The van der Waals surface area contributed by atoms with Crippen LogP contribution in [0.25, 0.3) is 0 Å². The molecule has 11 heteroatoms. The van der Waals surface area contributed by atoms with E-state index in [9.17, 15) is 26.7 Å². The molecule has 1 aromatic rings. The third-order valence-corrected chi connectivity index (χ3v) is 7.96. The third kappa shape index (κ3) is 7.24. The summed E-state index contributed by atoms with van der Waals surface area (Å²) in [4.78, 5) is 19.6. The molecular weight excluding hydrogens is 465 g/mol. The van der Waals surface area contributed by atoms with Crippen LogP contribution in [0.15, 0.2) is 0 Å². The number of fused-ring (bicyclic) bond motifs is 1. The van der Waals surface area contributed by atoms with E-state index in [4.69, 9.17) is 4.74 Å². The molecule has 2 fully saturated rings. The van der Waals surface area contributed by atoms with Crippen LogP contribution in [0.5, 0.6) is 5.19 Å². The average Bonchev–Trinajstić information content (AvgIpc) is 3.21. The van der Waals surface area contributed by atoms with Crippen LogP contribution < -0.4 is 10.1 Å². The standard InChI is InChI=1S/C22H30F5N3O2S/c23-21(24)12-15(21)11-19(31)28-16-3-1-14(2-4-16)5-8-30-9-6-17-18(7-10-30)33-20(29-17)32-13-22(25,26)27/h14-16H,1-13H2,(H,28,31)/t14-,15?,16-. The van der Waals surface area contributed by atoms with Crippen molar-refractivity contribution >= 4 is 17.2 Å². The van der Waals surface area contributed by atoms with E-state index in [1.807, 2.05) is 0 Å². The Bertz CT molecular complexity index is 798. The van der Waals surface area contributed by atoms with Gasteiger partial charge >= 0.3 is 6.18 Å². The second-order valence-corrected chi connectivity index (χ2v) is 10.6. The van der Waals surface area contributed by atoms with Gasteiger partial charge in [0, 0.05) is 49.2 Å². The molecule has 1 aliphatic heterocycles. The summed E-state index contributed by atoms with van der Waals surface area (Å²) < 4.78 is 67.7. The SMILES string of the molecule is O=C(CC1CC1(F)F)N[C@H]1CC[C@H](CCN2CCc3nc(OCC(F)(F)F)sc3CC2)CC1. The zero-order chi connectivity index (χ0) is 23.6. The van der Waals surface area contributed by atoms with Crippen molar-refractivity contribution in [3.8, 4) is 5.19 Å². The normalized spacial score (nSPS) is 27.5. The van der Waals surface area contributed by atoms with Gasteiger partial charge in [-0.05, 0) is 51.0 Å². The summed E-state index contributed by atoms with van der Waals surface area (Å²) in [7, 11) is 0. The number of hydrogen-bond acceptors (Lipinski definition) is 5. The number of nitrogens with one attached hydrogen (secondary N) is 1. The van der Waals surface area contributed by atoms with Crippen LogP contribution in [0.3, 0.4) is 0 Å². The van der Waals surface area contributed by atoms with Crippen molar-refractivity contribution in [2.45, 2.75) is 75.9 Å². The zero-order valence-electron chi connectivity index (χ0n) is 18.4. The van der Waals surface area contributed by atoms with Crippen molar-refractivity contribution in [3.63, 3.8) is 0 Å². The fourth-order valence-corrected chi connectivity index (χ4v) is 5.72. The molecule has 0 aromatic carbocycles. The number of amides is 1. The van der Waals surface area contributed by atoms with Crippen LogP contribution in [0, 0.1) is 11.8 Å². The van der Waals surface area contributed by atoms with E-state index in [0.29, 0.717) is 12.3 Å². The lowest BCUT2D eigenvalue weighted by Gasteiger charge is -2.30. The predicted octanol–water partition coefficient (Wildman–Crippen LogP) is 4.60. The second kappa shape index (κ2) is 10.0. The smallest absolute Gasteiger partial charge is 0.422 e. The largest absolute Gasteiger partial charge is 0.460 e. The third-order valence-electron chi connectivity index (χ3n) is 6.89. The summed E-state index contributed by atoms with van der Waals surface area (Å²) in [5.74, 6) is -3.09. The van der Waals surface area contributed by atoms with Gasteiger partial charge in [0.1, 0.15) is 0 Å². The van der Waals surface area contributed by atoms with E-state index in [1.54, 1.807) is 0 Å². The van der Waals surface area contributed by atoms with E-state index in [-0.39, 0.29) is 30.0 Å². The highest BCUT2D eigenvalue weighted by molar-refractivity contribution is 7.13. The zero-order valence-corrected chi connectivity index (χ0v) is 19.2. The van der Waals surface area contributed by atoms with Crippen molar-refractivity contribution in [2.24, 2.45) is 11.8 Å². The van der Waals surface area contributed by atoms with Crippen LogP contribution in [-0.4, -0.2) is 60.2 Å². The molecule has 4 rings (SSSR count). The summed E-state index contributed by atoms with van der Waals surface area (Å²) in [6.07, 6.45) is 1.76. The Morgan fingerprint density at radius 2 is 1.88 bits per heavy atom. The molecule has 2 aliphatic carbocycles. The minimum Gasteiger partial charge on any atom is -0.460 e. The number of aromatic nitrogens is 1. The first kappa shape index (κ1) is 24.6. The van der Waals surface area contributed by atoms with Crippen LogP contribution in [0.4, 0.5) is 22.0 Å². The lowest BCUT2D eigenvalue weighted by molar-refractivity contribution is -0.153. The lowest BCUT2D eigenvalue weighted by Crippen LogP contribution is -2.38. The summed E-state index contributed by atoms with van der Waals surface area (Å²) in [5.41, 5.74) is 0.847. The molecule has 1 amide bonds. The van der Waals surface area contributed by atoms with Crippen LogP contribution >= 0.6 is 11.3 Å². The van der Waals surface area contributed by atoms with Crippen LogP contribution in [0.1, 0.15) is 55.5 Å². The molecule has 186 valence electrons. The van der Waals surface area contributed by atoms with Crippen LogP contribution in [0.2, 0.25) is 0 Å². The molecule has 33 heavy (non-hydrogen) atoms. The van der Waals surface area contributed by atoms with Crippen molar-refractivity contribution in [1.82, 2.24) is 15.2 Å². The van der Waals surface area contributed by atoms with Gasteiger partial charge in [-0.3, -0.25) is 4.79 Å². The molecule has 2 saturated carbocycles. The number of alkyl halides is 5. The molecule has 0 radical (unpaired) electrons. The minimum atomic E-state index is -4.36. The quantitative estimate of drug-likeness (QED) is 0.536. The van der Waals surface area contributed by atoms with Gasteiger partial charge in [0.2, 0.25) is 5.91 Å². The Morgan fingerprint density at radius 1 is 1.18 bits per heavy atom. The van der Waals surface area contributed by atoms with Gasteiger partial charge < -0.3 is 15.0 Å². The molecule has 5 nitrogen and oxygen atoms in total. The number of thiazole rings is 1. The van der Waals surface area contributed by atoms with E-state index < -0.39 is 24.6 Å². The van der Waals surface area contributed by atoms with Crippen LogP contribution in [-0.2, 0) is 17.6 Å². The topological polar surface area (TPSA) is 54.5 Å². The highest BCUT2D eigenvalue weighted by Gasteiger charge is 2.57. The number of halogens is 5.